The molecule has 4 nitrogen and oxygen atoms in total. The number of esters is 1. The van der Waals surface area contributed by atoms with Gasteiger partial charge in [0.15, 0.2) is 0 Å². The van der Waals surface area contributed by atoms with Crippen molar-refractivity contribution < 1.29 is 14.3 Å². The first kappa shape index (κ1) is 24.2. The Morgan fingerprint density at radius 3 is 2.44 bits per heavy atom. The van der Waals surface area contributed by atoms with Gasteiger partial charge < -0.3 is 10.1 Å². The Hall–Kier alpha value is -2.92. The molecule has 1 atom stereocenters. The van der Waals surface area contributed by atoms with Crippen LogP contribution in [0, 0.1) is 11.3 Å². The molecule has 0 radical (unpaired) electrons. The van der Waals surface area contributed by atoms with Gasteiger partial charge in [-0.05, 0) is 66.2 Å². The van der Waals surface area contributed by atoms with Crippen LogP contribution in [-0.2, 0) is 30.4 Å². The van der Waals surface area contributed by atoms with E-state index in [-0.39, 0.29) is 17.3 Å². The zero-order valence-electron chi connectivity index (χ0n) is 20.4. The molecule has 1 unspecified atom stereocenters. The number of carbonyl (C=O) groups excluding carboxylic acids is 2. The Kier molecular flexibility index (Phi) is 7.22. The van der Waals surface area contributed by atoms with Crippen LogP contribution in [0.3, 0.4) is 0 Å². The van der Waals surface area contributed by atoms with Gasteiger partial charge in [0.2, 0.25) is 0 Å². The fraction of sp³-hybridized carbons (Fsp3) is 0.379. The first-order chi connectivity index (χ1) is 16.3. The smallest absolute Gasteiger partial charge is 0.341 e. The van der Waals surface area contributed by atoms with Crippen molar-refractivity contribution in [3.63, 3.8) is 0 Å². The summed E-state index contributed by atoms with van der Waals surface area (Å²) in [5.74, 6) is -0.00874. The number of benzene rings is 2. The fourth-order valence-corrected chi connectivity index (χ4v) is 6.10. The molecule has 0 bridgehead atoms. The lowest BCUT2D eigenvalue weighted by Crippen LogP contribution is -2.26. The molecule has 1 aromatic heterocycles. The van der Waals surface area contributed by atoms with E-state index < -0.39 is 0 Å². The maximum absolute atomic E-state index is 13.4. The standard InChI is InChI=1S/C29H33NO3S/c1-29(2,3)21-16-17-23-24(18-21)34-27(25(23)28(32)33-4)30-26(31)22-13-9-8-12-20(22)15-14-19-10-6-5-7-11-19/h5-13,21H,14-18H2,1-4H3,(H,30,31). The molecule has 1 aliphatic carbocycles. The van der Waals surface area contributed by atoms with Gasteiger partial charge in [-0.1, -0.05) is 69.3 Å². The first-order valence-corrected chi connectivity index (χ1v) is 12.8. The van der Waals surface area contributed by atoms with Crippen molar-refractivity contribution in [3.8, 4) is 0 Å². The maximum atomic E-state index is 13.4. The van der Waals surface area contributed by atoms with Crippen LogP contribution in [0.2, 0.25) is 0 Å². The monoisotopic (exact) mass is 475 g/mol. The summed E-state index contributed by atoms with van der Waals surface area (Å²) in [6, 6.07) is 18.0. The number of anilines is 1. The second kappa shape index (κ2) is 10.1. The third kappa shape index (κ3) is 5.25. The van der Waals surface area contributed by atoms with Crippen molar-refractivity contribution in [2.45, 2.75) is 52.9 Å². The third-order valence-electron chi connectivity index (χ3n) is 6.89. The molecule has 3 aromatic rings. The summed E-state index contributed by atoms with van der Waals surface area (Å²) >= 11 is 1.53. The minimum Gasteiger partial charge on any atom is -0.465 e. The number of rotatable bonds is 6. The number of carbonyl (C=O) groups is 2. The van der Waals surface area contributed by atoms with Crippen molar-refractivity contribution in [2.24, 2.45) is 11.3 Å². The Labute approximate surface area is 206 Å². The summed E-state index contributed by atoms with van der Waals surface area (Å²) in [6.07, 6.45) is 4.43. The van der Waals surface area contributed by atoms with Crippen LogP contribution < -0.4 is 5.32 Å². The van der Waals surface area contributed by atoms with Crippen LogP contribution in [0.1, 0.15) is 69.5 Å². The van der Waals surface area contributed by atoms with E-state index in [1.165, 1.54) is 28.9 Å². The molecule has 178 valence electrons. The first-order valence-electron chi connectivity index (χ1n) is 11.9. The maximum Gasteiger partial charge on any atom is 0.341 e. The van der Waals surface area contributed by atoms with Gasteiger partial charge in [0.25, 0.3) is 5.91 Å². The van der Waals surface area contributed by atoms with Gasteiger partial charge in [-0.3, -0.25) is 4.79 Å². The van der Waals surface area contributed by atoms with Gasteiger partial charge >= 0.3 is 5.97 Å². The molecule has 0 spiro atoms. The van der Waals surface area contributed by atoms with Gasteiger partial charge in [-0.2, -0.15) is 0 Å². The highest BCUT2D eigenvalue weighted by molar-refractivity contribution is 7.17. The number of hydrogen-bond acceptors (Lipinski definition) is 4. The fourth-order valence-electron chi connectivity index (χ4n) is 4.79. The number of ether oxygens (including phenoxy) is 1. The summed E-state index contributed by atoms with van der Waals surface area (Å²) in [5, 5.41) is 3.68. The quantitative estimate of drug-likeness (QED) is 0.403. The lowest BCUT2D eigenvalue weighted by atomic mass is 9.72. The molecular formula is C29H33NO3S. The molecule has 5 heteroatoms. The second-order valence-corrected chi connectivity index (χ2v) is 11.2. The molecule has 2 aromatic carbocycles. The molecule has 34 heavy (non-hydrogen) atoms. The summed E-state index contributed by atoms with van der Waals surface area (Å²) in [5.41, 5.74) is 4.67. The van der Waals surface area contributed by atoms with Gasteiger partial charge in [0.05, 0.1) is 12.7 Å². The molecule has 0 saturated heterocycles. The SMILES string of the molecule is COC(=O)c1c(NC(=O)c2ccccc2CCc2ccccc2)sc2c1CCC(C(C)(C)C)C2. The van der Waals surface area contributed by atoms with Gasteiger partial charge in [0.1, 0.15) is 5.00 Å². The Balaban J connectivity index is 1.59. The number of fused-ring (bicyclic) bond motifs is 1. The summed E-state index contributed by atoms with van der Waals surface area (Å²) in [7, 11) is 1.40. The highest BCUT2D eigenvalue weighted by Crippen LogP contribution is 2.44. The van der Waals surface area contributed by atoms with E-state index in [0.29, 0.717) is 22.0 Å². The lowest BCUT2D eigenvalue weighted by Gasteiger charge is -2.33. The molecule has 1 heterocycles. The summed E-state index contributed by atoms with van der Waals surface area (Å²) in [6.45, 7) is 6.81. The van der Waals surface area contributed by atoms with E-state index in [1.807, 2.05) is 42.5 Å². The number of methoxy groups -OCH3 is 1. The van der Waals surface area contributed by atoms with E-state index in [2.05, 4.69) is 38.2 Å². The minimum absolute atomic E-state index is 0.181. The van der Waals surface area contributed by atoms with E-state index in [1.54, 1.807) is 0 Å². The molecule has 4 rings (SSSR count). The second-order valence-electron chi connectivity index (χ2n) is 10.1. The molecule has 0 fully saturated rings. The van der Waals surface area contributed by atoms with Crippen molar-refractivity contribution in [1.82, 2.24) is 0 Å². The van der Waals surface area contributed by atoms with Crippen LogP contribution in [0.4, 0.5) is 5.00 Å². The van der Waals surface area contributed by atoms with E-state index in [9.17, 15) is 9.59 Å². The molecular weight excluding hydrogens is 442 g/mol. The molecule has 1 aliphatic rings. The van der Waals surface area contributed by atoms with Gasteiger partial charge in [0, 0.05) is 10.4 Å². The van der Waals surface area contributed by atoms with Crippen LogP contribution in [-0.4, -0.2) is 19.0 Å². The summed E-state index contributed by atoms with van der Waals surface area (Å²) < 4.78 is 5.11. The van der Waals surface area contributed by atoms with Crippen molar-refractivity contribution in [3.05, 3.63) is 87.3 Å². The Morgan fingerprint density at radius 1 is 1.03 bits per heavy atom. The average Bonchev–Trinajstić information content (AvgIpc) is 3.19. The lowest BCUT2D eigenvalue weighted by molar-refractivity contribution is 0.0600. The normalized spacial score (nSPS) is 15.5. The number of amides is 1. The average molecular weight is 476 g/mol. The third-order valence-corrected chi connectivity index (χ3v) is 8.06. The van der Waals surface area contributed by atoms with Crippen molar-refractivity contribution >= 4 is 28.2 Å². The molecule has 1 amide bonds. The van der Waals surface area contributed by atoms with E-state index in [0.717, 1.165) is 43.2 Å². The number of thiophene rings is 1. The van der Waals surface area contributed by atoms with Crippen LogP contribution in [0.15, 0.2) is 54.6 Å². The number of hydrogen-bond donors (Lipinski definition) is 1. The topological polar surface area (TPSA) is 55.4 Å². The van der Waals surface area contributed by atoms with E-state index in [4.69, 9.17) is 4.74 Å². The van der Waals surface area contributed by atoms with Crippen LogP contribution in [0.5, 0.6) is 0 Å². The Bertz CT molecular complexity index is 1170. The van der Waals surface area contributed by atoms with Gasteiger partial charge in [-0.15, -0.1) is 11.3 Å². The predicted molar refractivity (Wildman–Crippen MR) is 139 cm³/mol. The predicted octanol–water partition coefficient (Wildman–Crippen LogP) is 6.72. The van der Waals surface area contributed by atoms with Gasteiger partial charge in [-0.25, -0.2) is 4.79 Å². The number of aryl methyl sites for hydroxylation is 2. The zero-order chi connectivity index (χ0) is 24.3. The van der Waals surface area contributed by atoms with Crippen LogP contribution in [0.25, 0.3) is 0 Å². The number of nitrogens with one attached hydrogen (secondary N) is 1. The van der Waals surface area contributed by atoms with Crippen molar-refractivity contribution in [2.75, 3.05) is 12.4 Å². The molecule has 0 aliphatic heterocycles. The highest BCUT2D eigenvalue weighted by Gasteiger charge is 2.34. The zero-order valence-corrected chi connectivity index (χ0v) is 21.3. The largest absolute Gasteiger partial charge is 0.465 e. The molecule has 1 N–H and O–H groups in total. The van der Waals surface area contributed by atoms with Crippen LogP contribution >= 0.6 is 11.3 Å². The summed E-state index contributed by atoms with van der Waals surface area (Å²) in [4.78, 5) is 27.3. The van der Waals surface area contributed by atoms with E-state index >= 15 is 0 Å². The minimum atomic E-state index is -0.376. The Morgan fingerprint density at radius 2 is 1.74 bits per heavy atom. The highest BCUT2D eigenvalue weighted by atomic mass is 32.1. The molecule has 0 saturated carbocycles. The van der Waals surface area contributed by atoms with Crippen molar-refractivity contribution in [1.29, 1.82) is 0 Å².